The minimum absolute atomic E-state index is 0.00560. The standard InChI is InChI=1S/C21H30N6O6S/c1-4-26(5-2)34(31,32)17-9-10-18(19(15-17)27(29)30)24-11-13-25(14-12-24)21(28)8-6-7-20-22-16(3)23-33-20/h9-10,15H,4-8,11-14H2,1-3H3. The highest BCUT2D eigenvalue weighted by atomic mass is 32.2. The van der Waals surface area contributed by atoms with Crippen molar-refractivity contribution in [2.24, 2.45) is 0 Å². The Bertz CT molecular complexity index is 1120. The average Bonchev–Trinajstić information content (AvgIpc) is 3.24. The average molecular weight is 495 g/mol. The van der Waals surface area contributed by atoms with Crippen LogP contribution in [-0.4, -0.2) is 77.9 Å². The maximum atomic E-state index is 12.8. The van der Waals surface area contributed by atoms with Crippen molar-refractivity contribution in [2.45, 2.75) is 44.9 Å². The number of carbonyl (C=O) groups is 1. The summed E-state index contributed by atoms with van der Waals surface area (Å²) >= 11 is 0. The summed E-state index contributed by atoms with van der Waals surface area (Å²) in [5.41, 5.74) is 0.0882. The van der Waals surface area contributed by atoms with Crippen LogP contribution in [0.15, 0.2) is 27.6 Å². The van der Waals surface area contributed by atoms with Gasteiger partial charge < -0.3 is 14.3 Å². The van der Waals surface area contributed by atoms with Gasteiger partial charge in [0.05, 0.1) is 9.82 Å². The van der Waals surface area contributed by atoms with Gasteiger partial charge >= 0.3 is 0 Å². The van der Waals surface area contributed by atoms with Crippen LogP contribution >= 0.6 is 0 Å². The first kappa shape index (κ1) is 25.6. The fourth-order valence-electron chi connectivity index (χ4n) is 3.98. The molecule has 1 fully saturated rings. The van der Waals surface area contributed by atoms with Crippen molar-refractivity contribution < 1.29 is 22.7 Å². The van der Waals surface area contributed by atoms with Gasteiger partial charge in [0.1, 0.15) is 5.69 Å². The zero-order valence-corrected chi connectivity index (χ0v) is 20.5. The van der Waals surface area contributed by atoms with E-state index in [2.05, 4.69) is 10.1 Å². The predicted octanol–water partition coefficient (Wildman–Crippen LogP) is 1.99. The molecule has 1 aliphatic heterocycles. The van der Waals surface area contributed by atoms with Gasteiger partial charge in [-0.3, -0.25) is 14.9 Å². The molecule has 1 aliphatic rings. The highest BCUT2D eigenvalue weighted by Crippen LogP contribution is 2.32. The van der Waals surface area contributed by atoms with E-state index in [-0.39, 0.29) is 29.6 Å². The third-order valence-electron chi connectivity index (χ3n) is 5.81. The predicted molar refractivity (Wildman–Crippen MR) is 124 cm³/mol. The van der Waals surface area contributed by atoms with E-state index in [0.717, 1.165) is 6.07 Å². The number of aromatic nitrogens is 2. The molecule has 1 saturated heterocycles. The quantitative estimate of drug-likeness (QED) is 0.358. The fraction of sp³-hybridized carbons (Fsp3) is 0.571. The van der Waals surface area contributed by atoms with Crippen LogP contribution in [0.25, 0.3) is 0 Å². The highest BCUT2D eigenvalue weighted by Gasteiger charge is 2.29. The summed E-state index contributed by atoms with van der Waals surface area (Å²) in [6.07, 6.45) is 1.47. The third-order valence-corrected chi connectivity index (χ3v) is 7.86. The molecule has 0 aliphatic carbocycles. The molecule has 0 spiro atoms. The molecule has 34 heavy (non-hydrogen) atoms. The van der Waals surface area contributed by atoms with Gasteiger partial charge in [-0.05, 0) is 25.5 Å². The minimum Gasteiger partial charge on any atom is -0.362 e. The van der Waals surface area contributed by atoms with Crippen molar-refractivity contribution in [3.05, 3.63) is 40.0 Å². The van der Waals surface area contributed by atoms with Crippen molar-refractivity contribution in [2.75, 3.05) is 44.2 Å². The van der Waals surface area contributed by atoms with Gasteiger partial charge in [-0.25, -0.2) is 8.42 Å². The first-order valence-electron chi connectivity index (χ1n) is 11.3. The van der Waals surface area contributed by atoms with Gasteiger partial charge in [-0.2, -0.15) is 9.29 Å². The van der Waals surface area contributed by atoms with E-state index in [9.17, 15) is 23.3 Å². The van der Waals surface area contributed by atoms with Crippen molar-refractivity contribution in [1.29, 1.82) is 0 Å². The number of amides is 1. The van der Waals surface area contributed by atoms with Crippen LogP contribution in [0.5, 0.6) is 0 Å². The normalized spacial score (nSPS) is 14.6. The molecule has 1 aromatic carbocycles. The molecule has 0 unspecified atom stereocenters. The molecule has 0 bridgehead atoms. The molecule has 186 valence electrons. The lowest BCUT2D eigenvalue weighted by atomic mass is 10.2. The van der Waals surface area contributed by atoms with Crippen LogP contribution in [0.1, 0.15) is 38.4 Å². The molecule has 3 rings (SSSR count). The molecule has 0 N–H and O–H groups in total. The largest absolute Gasteiger partial charge is 0.362 e. The number of sulfonamides is 1. The number of hydrogen-bond acceptors (Lipinski definition) is 9. The highest BCUT2D eigenvalue weighted by molar-refractivity contribution is 7.89. The molecule has 1 amide bonds. The van der Waals surface area contributed by atoms with Crippen molar-refractivity contribution in [3.63, 3.8) is 0 Å². The number of aryl methyl sites for hydroxylation is 2. The summed E-state index contributed by atoms with van der Waals surface area (Å²) in [5.74, 6) is 1.07. The number of carbonyl (C=O) groups excluding carboxylic acids is 1. The summed E-state index contributed by atoms with van der Waals surface area (Å²) < 4.78 is 31.9. The first-order valence-corrected chi connectivity index (χ1v) is 12.7. The molecule has 2 aromatic rings. The van der Waals surface area contributed by atoms with E-state index in [1.165, 1.54) is 16.4 Å². The van der Waals surface area contributed by atoms with Crippen LogP contribution in [0, 0.1) is 17.0 Å². The van der Waals surface area contributed by atoms with Gasteiger partial charge in [0.2, 0.25) is 21.8 Å². The number of piperazine rings is 1. The van der Waals surface area contributed by atoms with Crippen molar-refractivity contribution in [3.8, 4) is 0 Å². The summed E-state index contributed by atoms with van der Waals surface area (Å²) in [6.45, 7) is 7.41. The summed E-state index contributed by atoms with van der Waals surface area (Å²) in [6, 6.07) is 4.02. The maximum absolute atomic E-state index is 12.8. The van der Waals surface area contributed by atoms with E-state index in [1.54, 1.807) is 25.7 Å². The summed E-state index contributed by atoms with van der Waals surface area (Å²) in [7, 11) is -3.81. The molecular weight excluding hydrogens is 464 g/mol. The molecule has 2 heterocycles. The molecule has 13 heteroatoms. The van der Waals surface area contributed by atoms with E-state index in [4.69, 9.17) is 4.52 Å². The van der Waals surface area contributed by atoms with Crippen LogP contribution in [0.2, 0.25) is 0 Å². The lowest BCUT2D eigenvalue weighted by Crippen LogP contribution is -2.49. The second-order valence-electron chi connectivity index (χ2n) is 7.95. The zero-order valence-electron chi connectivity index (χ0n) is 19.6. The van der Waals surface area contributed by atoms with Crippen LogP contribution in [0.4, 0.5) is 11.4 Å². The Morgan fingerprint density at radius 2 is 1.88 bits per heavy atom. The Hall–Kier alpha value is -3.06. The molecule has 0 atom stereocenters. The smallest absolute Gasteiger partial charge is 0.293 e. The minimum atomic E-state index is -3.81. The number of anilines is 1. The Morgan fingerprint density at radius 3 is 2.44 bits per heavy atom. The number of nitro benzene ring substituents is 1. The second-order valence-corrected chi connectivity index (χ2v) is 9.89. The molecule has 0 radical (unpaired) electrons. The lowest BCUT2D eigenvalue weighted by molar-refractivity contribution is -0.384. The second kappa shape index (κ2) is 10.9. The fourth-order valence-corrected chi connectivity index (χ4v) is 5.46. The number of benzene rings is 1. The van der Waals surface area contributed by atoms with E-state index in [0.29, 0.717) is 62.8 Å². The maximum Gasteiger partial charge on any atom is 0.293 e. The van der Waals surface area contributed by atoms with Crippen LogP contribution < -0.4 is 4.90 Å². The van der Waals surface area contributed by atoms with Crippen LogP contribution in [-0.2, 0) is 21.2 Å². The van der Waals surface area contributed by atoms with E-state index < -0.39 is 14.9 Å². The summed E-state index contributed by atoms with van der Waals surface area (Å²) in [4.78, 5) is 31.3. The molecule has 1 aromatic heterocycles. The third kappa shape index (κ3) is 5.70. The Balaban J connectivity index is 1.63. The lowest BCUT2D eigenvalue weighted by Gasteiger charge is -2.36. The Morgan fingerprint density at radius 1 is 1.21 bits per heavy atom. The van der Waals surface area contributed by atoms with E-state index >= 15 is 0 Å². The monoisotopic (exact) mass is 494 g/mol. The van der Waals surface area contributed by atoms with Crippen LogP contribution in [0.3, 0.4) is 0 Å². The summed E-state index contributed by atoms with van der Waals surface area (Å²) in [5, 5.41) is 15.5. The Kier molecular flexibility index (Phi) is 8.20. The molecule has 0 saturated carbocycles. The SMILES string of the molecule is CCN(CC)S(=O)(=O)c1ccc(N2CCN(C(=O)CCCc3nc(C)no3)CC2)c([N+](=O)[O-])c1. The Labute approximate surface area is 198 Å². The number of nitrogens with zero attached hydrogens (tertiary/aromatic N) is 6. The van der Waals surface area contributed by atoms with E-state index in [1.807, 2.05) is 4.90 Å². The molecular formula is C21H30N6O6S. The topological polar surface area (TPSA) is 143 Å². The van der Waals surface area contributed by atoms with Gasteiger partial charge in [0.15, 0.2) is 5.82 Å². The van der Waals surface area contributed by atoms with Crippen molar-refractivity contribution >= 4 is 27.3 Å². The number of nitro groups is 1. The van der Waals surface area contributed by atoms with Gasteiger partial charge in [-0.1, -0.05) is 19.0 Å². The first-order chi connectivity index (χ1) is 16.2. The van der Waals surface area contributed by atoms with Gasteiger partial charge in [-0.15, -0.1) is 0 Å². The van der Waals surface area contributed by atoms with Gasteiger partial charge in [0, 0.05) is 58.2 Å². The zero-order chi connectivity index (χ0) is 24.9. The number of rotatable bonds is 10. The van der Waals surface area contributed by atoms with Gasteiger partial charge in [0.25, 0.3) is 5.69 Å². The number of hydrogen-bond donors (Lipinski definition) is 0. The molecule has 12 nitrogen and oxygen atoms in total. The van der Waals surface area contributed by atoms with Crippen molar-refractivity contribution in [1.82, 2.24) is 19.3 Å².